The molecule has 2 amide bonds. The molecule has 0 saturated carbocycles. The Kier molecular flexibility index (Phi) is 6.02. The molecule has 8 heteroatoms. The van der Waals surface area contributed by atoms with Crippen molar-refractivity contribution in [3.8, 4) is 5.75 Å². The number of hydrazone groups is 1. The summed E-state index contributed by atoms with van der Waals surface area (Å²) in [6.45, 7) is -0.260. The monoisotopic (exact) mass is 435 g/mol. The zero-order chi connectivity index (χ0) is 22.7. The first-order valence-electron chi connectivity index (χ1n) is 10.0. The van der Waals surface area contributed by atoms with Crippen molar-refractivity contribution < 1.29 is 23.1 Å². The van der Waals surface area contributed by atoms with Crippen molar-refractivity contribution in [3.05, 3.63) is 89.6 Å². The van der Waals surface area contributed by atoms with E-state index in [1.165, 1.54) is 41.4 Å². The van der Waals surface area contributed by atoms with Gasteiger partial charge in [-0.15, -0.1) is 0 Å². The quantitative estimate of drug-likeness (QED) is 0.589. The van der Waals surface area contributed by atoms with Crippen LogP contribution >= 0.6 is 0 Å². The minimum Gasteiger partial charge on any atom is -0.497 e. The van der Waals surface area contributed by atoms with E-state index in [0.29, 0.717) is 17.9 Å². The van der Waals surface area contributed by atoms with Gasteiger partial charge in [-0.3, -0.25) is 9.59 Å². The lowest BCUT2D eigenvalue weighted by Crippen LogP contribution is -2.39. The van der Waals surface area contributed by atoms with E-state index in [9.17, 15) is 14.0 Å². The molecule has 0 bridgehead atoms. The van der Waals surface area contributed by atoms with Crippen LogP contribution in [0, 0.1) is 5.82 Å². The average molecular weight is 435 g/mol. The minimum atomic E-state index is -0.633. The predicted octanol–water partition coefficient (Wildman–Crippen LogP) is 3.88. The van der Waals surface area contributed by atoms with Crippen LogP contribution in [-0.4, -0.2) is 48.1 Å². The molecule has 1 aliphatic rings. The van der Waals surface area contributed by atoms with E-state index in [2.05, 4.69) is 5.10 Å². The molecule has 32 heavy (non-hydrogen) atoms. The fourth-order valence-corrected chi connectivity index (χ4v) is 3.59. The molecule has 1 aliphatic heterocycles. The van der Waals surface area contributed by atoms with E-state index >= 15 is 0 Å². The lowest BCUT2D eigenvalue weighted by molar-refractivity contribution is -0.133. The number of methoxy groups -OCH3 is 1. The van der Waals surface area contributed by atoms with Crippen LogP contribution in [0.5, 0.6) is 5.75 Å². The summed E-state index contributed by atoms with van der Waals surface area (Å²) in [5, 5.41) is 5.88. The highest BCUT2D eigenvalue weighted by molar-refractivity contribution is 6.03. The third kappa shape index (κ3) is 4.25. The first kappa shape index (κ1) is 21.3. The van der Waals surface area contributed by atoms with Gasteiger partial charge in [0.25, 0.3) is 11.8 Å². The van der Waals surface area contributed by atoms with Crippen LogP contribution in [0.1, 0.15) is 34.1 Å². The third-order valence-corrected chi connectivity index (χ3v) is 5.28. The molecule has 2 aromatic carbocycles. The van der Waals surface area contributed by atoms with Crippen molar-refractivity contribution in [1.29, 1.82) is 0 Å². The fourth-order valence-electron chi connectivity index (χ4n) is 3.59. The average Bonchev–Trinajstić information content (AvgIpc) is 3.49. The third-order valence-electron chi connectivity index (χ3n) is 5.28. The van der Waals surface area contributed by atoms with Crippen molar-refractivity contribution >= 4 is 17.5 Å². The molecule has 0 radical (unpaired) electrons. The number of carbonyl (C=O) groups is 2. The highest BCUT2D eigenvalue weighted by atomic mass is 19.1. The highest BCUT2D eigenvalue weighted by Gasteiger charge is 2.35. The first-order chi connectivity index (χ1) is 15.5. The second-order valence-electron chi connectivity index (χ2n) is 7.39. The zero-order valence-electron chi connectivity index (χ0n) is 17.7. The Hall–Kier alpha value is -3.94. The Labute approximate surface area is 184 Å². The van der Waals surface area contributed by atoms with Crippen LogP contribution in [-0.2, 0) is 4.79 Å². The van der Waals surface area contributed by atoms with Gasteiger partial charge in [-0.05, 0) is 54.1 Å². The van der Waals surface area contributed by atoms with Gasteiger partial charge in [0.15, 0.2) is 0 Å². The second-order valence-corrected chi connectivity index (χ2v) is 7.39. The van der Waals surface area contributed by atoms with Gasteiger partial charge in [0.2, 0.25) is 0 Å². The molecule has 0 spiro atoms. The largest absolute Gasteiger partial charge is 0.497 e. The van der Waals surface area contributed by atoms with Gasteiger partial charge in [-0.25, -0.2) is 9.40 Å². The van der Waals surface area contributed by atoms with E-state index in [0.717, 1.165) is 11.3 Å². The molecule has 0 N–H and O–H groups in total. The number of carbonyl (C=O) groups excluding carboxylic acids is 2. The van der Waals surface area contributed by atoms with Gasteiger partial charge < -0.3 is 14.1 Å². The van der Waals surface area contributed by atoms with E-state index in [-0.39, 0.29) is 12.1 Å². The van der Waals surface area contributed by atoms with Crippen molar-refractivity contribution in [2.75, 3.05) is 20.7 Å². The standard InChI is InChI=1S/C24H22FN3O4/c1-27(24(30)18-6-3-4-7-19(18)25)15-23(29)28-21(22-8-5-13-32-22)14-20(26-28)16-9-11-17(31-2)12-10-16/h3-13,21H,14-15H2,1-2H3. The van der Waals surface area contributed by atoms with E-state index in [1.54, 1.807) is 25.3 Å². The summed E-state index contributed by atoms with van der Waals surface area (Å²) in [7, 11) is 3.05. The number of amides is 2. The minimum absolute atomic E-state index is 0.0887. The summed E-state index contributed by atoms with van der Waals surface area (Å²) in [6.07, 6.45) is 1.99. The van der Waals surface area contributed by atoms with Crippen LogP contribution in [0.2, 0.25) is 0 Å². The Balaban J connectivity index is 1.56. The molecular formula is C24H22FN3O4. The van der Waals surface area contributed by atoms with Crippen molar-refractivity contribution in [3.63, 3.8) is 0 Å². The predicted molar refractivity (Wildman–Crippen MR) is 116 cm³/mol. The van der Waals surface area contributed by atoms with Crippen LogP contribution in [0.4, 0.5) is 4.39 Å². The number of halogens is 1. The molecule has 1 atom stereocenters. The molecule has 0 fully saturated rings. The number of furan rings is 1. The summed E-state index contributed by atoms with van der Waals surface area (Å²) >= 11 is 0. The molecule has 164 valence electrons. The topological polar surface area (TPSA) is 75.3 Å². The molecule has 1 aromatic heterocycles. The summed E-state index contributed by atoms with van der Waals surface area (Å²) < 4.78 is 24.7. The second kappa shape index (κ2) is 9.05. The maximum Gasteiger partial charge on any atom is 0.262 e. The normalized spacial score (nSPS) is 15.4. The number of ether oxygens (including phenoxy) is 1. The molecule has 0 saturated heterocycles. The molecule has 7 nitrogen and oxygen atoms in total. The lowest BCUT2D eigenvalue weighted by Gasteiger charge is -2.23. The summed E-state index contributed by atoms with van der Waals surface area (Å²) in [4.78, 5) is 26.9. The van der Waals surface area contributed by atoms with Gasteiger partial charge in [0.05, 0.1) is 24.6 Å². The summed E-state index contributed by atoms with van der Waals surface area (Å²) in [6, 6.07) is 16.2. The molecule has 1 unspecified atom stereocenters. The molecular weight excluding hydrogens is 413 g/mol. The number of rotatable bonds is 6. The van der Waals surface area contributed by atoms with Gasteiger partial charge in [-0.2, -0.15) is 5.10 Å². The maximum atomic E-state index is 14.0. The lowest BCUT2D eigenvalue weighted by atomic mass is 10.0. The van der Waals surface area contributed by atoms with Crippen molar-refractivity contribution in [2.24, 2.45) is 5.10 Å². The van der Waals surface area contributed by atoms with Crippen molar-refractivity contribution in [2.45, 2.75) is 12.5 Å². The van der Waals surface area contributed by atoms with Gasteiger partial charge in [0, 0.05) is 13.5 Å². The number of hydrogen-bond acceptors (Lipinski definition) is 5. The first-order valence-corrected chi connectivity index (χ1v) is 10.0. The summed E-state index contributed by atoms with van der Waals surface area (Å²) in [5.74, 6) is -0.303. The summed E-state index contributed by atoms with van der Waals surface area (Å²) in [5.41, 5.74) is 1.48. The molecule has 0 aliphatic carbocycles. The molecule has 2 heterocycles. The smallest absolute Gasteiger partial charge is 0.262 e. The zero-order valence-corrected chi connectivity index (χ0v) is 17.7. The van der Waals surface area contributed by atoms with Crippen molar-refractivity contribution in [1.82, 2.24) is 9.91 Å². The van der Waals surface area contributed by atoms with Gasteiger partial charge >= 0.3 is 0 Å². The Morgan fingerprint density at radius 2 is 1.91 bits per heavy atom. The number of nitrogens with zero attached hydrogens (tertiary/aromatic N) is 3. The SMILES string of the molecule is COc1ccc(C2=NN(C(=O)CN(C)C(=O)c3ccccc3F)C(c3ccco3)C2)cc1. The number of likely N-dealkylation sites (N-methyl/N-ethyl adjacent to an activating group) is 1. The van der Waals surface area contributed by atoms with E-state index in [4.69, 9.17) is 9.15 Å². The van der Waals surface area contributed by atoms with E-state index < -0.39 is 23.7 Å². The van der Waals surface area contributed by atoms with Crippen LogP contribution in [0.3, 0.4) is 0 Å². The Morgan fingerprint density at radius 3 is 2.56 bits per heavy atom. The van der Waals surface area contributed by atoms with E-state index in [1.807, 2.05) is 24.3 Å². The van der Waals surface area contributed by atoms with Gasteiger partial charge in [0.1, 0.15) is 29.9 Å². The molecule has 4 rings (SSSR count). The van der Waals surface area contributed by atoms with Gasteiger partial charge in [-0.1, -0.05) is 12.1 Å². The Morgan fingerprint density at radius 1 is 1.16 bits per heavy atom. The van der Waals surface area contributed by atoms with Crippen LogP contribution in [0.15, 0.2) is 76.4 Å². The number of hydrogen-bond donors (Lipinski definition) is 0. The van der Waals surface area contributed by atoms with Crippen LogP contribution < -0.4 is 4.74 Å². The van der Waals surface area contributed by atoms with Crippen LogP contribution in [0.25, 0.3) is 0 Å². The fraction of sp³-hybridized carbons (Fsp3) is 0.208. The highest BCUT2D eigenvalue weighted by Crippen LogP contribution is 2.33. The maximum absolute atomic E-state index is 14.0. The number of benzene rings is 2. The Bertz CT molecular complexity index is 1140. The molecule has 3 aromatic rings.